The van der Waals surface area contributed by atoms with Gasteiger partial charge in [-0.25, -0.2) is 4.98 Å². The molecule has 0 spiro atoms. The maximum absolute atomic E-state index is 12.9. The fourth-order valence-corrected chi connectivity index (χ4v) is 3.51. The van der Waals surface area contributed by atoms with Gasteiger partial charge in [0.2, 0.25) is 0 Å². The average molecular weight is 275 g/mol. The van der Waals surface area contributed by atoms with Crippen molar-refractivity contribution >= 4 is 11.6 Å². The molecule has 1 fully saturated rings. The molecule has 110 valence electrons. The van der Waals surface area contributed by atoms with Gasteiger partial charge in [-0.15, -0.1) is 0 Å². The first-order valence-corrected chi connectivity index (χ1v) is 7.61. The van der Waals surface area contributed by atoms with Crippen LogP contribution in [0.25, 0.3) is 0 Å². The van der Waals surface area contributed by atoms with Crippen LogP contribution in [0.4, 0.5) is 5.82 Å². The summed E-state index contributed by atoms with van der Waals surface area (Å²) >= 11 is 0. The molecule has 1 aliphatic carbocycles. The molecule has 0 radical (unpaired) electrons. The Bertz CT molecular complexity index is 463. The van der Waals surface area contributed by atoms with Gasteiger partial charge in [0, 0.05) is 12.6 Å². The van der Waals surface area contributed by atoms with Crippen LogP contribution >= 0.6 is 0 Å². The van der Waals surface area contributed by atoms with Gasteiger partial charge in [0.05, 0.1) is 5.54 Å². The maximum Gasteiger partial charge on any atom is 0.157 e. The first-order chi connectivity index (χ1) is 9.62. The smallest absolute Gasteiger partial charge is 0.157 e. The monoisotopic (exact) mass is 275 g/mol. The number of nitrogen functional groups attached to an aromatic ring is 1. The number of carbonyl (C=O) groups excluding carboxylic acids is 1. The van der Waals surface area contributed by atoms with Crippen molar-refractivity contribution in [1.82, 2.24) is 9.88 Å². The van der Waals surface area contributed by atoms with Crippen molar-refractivity contribution in [1.29, 1.82) is 0 Å². The number of carbonyl (C=O) groups is 1. The highest BCUT2D eigenvalue weighted by molar-refractivity contribution is 5.90. The number of likely N-dealkylation sites (N-methyl/N-ethyl adjacent to an activating group) is 1. The SMILES string of the molecule is CCN(CC)C1(C(=O)Cc2ccnc(N)c2)CCCC1. The Balaban J connectivity index is 2.19. The Morgan fingerprint density at radius 2 is 2.00 bits per heavy atom. The highest BCUT2D eigenvalue weighted by Gasteiger charge is 2.44. The van der Waals surface area contributed by atoms with Gasteiger partial charge in [-0.05, 0) is 43.6 Å². The van der Waals surface area contributed by atoms with Crippen molar-refractivity contribution in [2.45, 2.75) is 51.5 Å². The minimum absolute atomic E-state index is 0.248. The summed E-state index contributed by atoms with van der Waals surface area (Å²) in [4.78, 5) is 19.2. The second kappa shape index (κ2) is 6.35. The Kier molecular flexibility index (Phi) is 4.76. The number of nitrogens with two attached hydrogens (primary N) is 1. The predicted octanol–water partition coefficient (Wildman–Crippen LogP) is 2.43. The third kappa shape index (κ3) is 2.85. The summed E-state index contributed by atoms with van der Waals surface area (Å²) in [7, 11) is 0. The number of hydrogen-bond donors (Lipinski definition) is 1. The molecule has 0 aromatic carbocycles. The zero-order valence-corrected chi connectivity index (χ0v) is 12.6. The van der Waals surface area contributed by atoms with E-state index < -0.39 is 0 Å². The van der Waals surface area contributed by atoms with Crippen LogP contribution in [-0.2, 0) is 11.2 Å². The van der Waals surface area contributed by atoms with E-state index in [0.717, 1.165) is 44.3 Å². The summed E-state index contributed by atoms with van der Waals surface area (Å²) in [5.41, 5.74) is 6.42. The highest BCUT2D eigenvalue weighted by Crippen LogP contribution is 2.36. The maximum atomic E-state index is 12.9. The molecule has 0 atom stereocenters. The molecule has 0 saturated heterocycles. The van der Waals surface area contributed by atoms with E-state index in [0.29, 0.717) is 18.0 Å². The fourth-order valence-electron chi connectivity index (χ4n) is 3.51. The summed E-state index contributed by atoms with van der Waals surface area (Å²) in [5.74, 6) is 0.822. The third-order valence-corrected chi connectivity index (χ3v) is 4.53. The molecule has 1 aromatic heterocycles. The molecule has 0 amide bonds. The number of anilines is 1. The van der Waals surface area contributed by atoms with E-state index in [1.165, 1.54) is 0 Å². The highest BCUT2D eigenvalue weighted by atomic mass is 16.1. The van der Waals surface area contributed by atoms with E-state index >= 15 is 0 Å². The number of hydrogen-bond acceptors (Lipinski definition) is 4. The van der Waals surface area contributed by atoms with E-state index in [1.807, 2.05) is 12.1 Å². The van der Waals surface area contributed by atoms with Crippen molar-refractivity contribution in [3.63, 3.8) is 0 Å². The van der Waals surface area contributed by atoms with Crippen LogP contribution in [0, 0.1) is 0 Å². The average Bonchev–Trinajstić information content (AvgIpc) is 2.91. The van der Waals surface area contributed by atoms with Crippen LogP contribution in [0.15, 0.2) is 18.3 Å². The number of nitrogens with zero attached hydrogens (tertiary/aromatic N) is 2. The lowest BCUT2D eigenvalue weighted by Crippen LogP contribution is -2.53. The normalized spacial score (nSPS) is 17.6. The van der Waals surface area contributed by atoms with Gasteiger partial charge >= 0.3 is 0 Å². The Hall–Kier alpha value is -1.42. The minimum atomic E-state index is -0.248. The molecule has 4 nitrogen and oxygen atoms in total. The molecular weight excluding hydrogens is 250 g/mol. The van der Waals surface area contributed by atoms with Crippen LogP contribution in [0.2, 0.25) is 0 Å². The summed E-state index contributed by atoms with van der Waals surface area (Å²) in [6.45, 7) is 6.14. The van der Waals surface area contributed by atoms with Crippen LogP contribution < -0.4 is 5.73 Å². The molecule has 1 aromatic rings. The Labute approximate surface area is 121 Å². The van der Waals surface area contributed by atoms with Gasteiger partial charge < -0.3 is 5.73 Å². The van der Waals surface area contributed by atoms with Gasteiger partial charge in [0.25, 0.3) is 0 Å². The van der Waals surface area contributed by atoms with Crippen LogP contribution in [0.1, 0.15) is 45.1 Å². The fraction of sp³-hybridized carbons (Fsp3) is 0.625. The molecule has 2 rings (SSSR count). The summed E-state index contributed by atoms with van der Waals surface area (Å²) in [6.07, 6.45) is 6.43. The molecule has 1 aliphatic rings. The van der Waals surface area contributed by atoms with Gasteiger partial charge in [0.15, 0.2) is 5.78 Å². The summed E-state index contributed by atoms with van der Waals surface area (Å²) in [6, 6.07) is 3.70. The number of aromatic nitrogens is 1. The van der Waals surface area contributed by atoms with Crippen molar-refractivity contribution in [3.8, 4) is 0 Å². The first kappa shape index (κ1) is 15.0. The van der Waals surface area contributed by atoms with Crippen LogP contribution in [-0.4, -0.2) is 34.3 Å². The van der Waals surface area contributed by atoms with Crippen molar-refractivity contribution in [2.75, 3.05) is 18.8 Å². The number of rotatable bonds is 6. The Morgan fingerprint density at radius 1 is 1.35 bits per heavy atom. The predicted molar refractivity (Wildman–Crippen MR) is 81.5 cm³/mol. The van der Waals surface area contributed by atoms with Crippen molar-refractivity contribution in [2.24, 2.45) is 0 Å². The molecule has 4 heteroatoms. The van der Waals surface area contributed by atoms with E-state index in [1.54, 1.807) is 6.20 Å². The van der Waals surface area contributed by atoms with Gasteiger partial charge in [-0.2, -0.15) is 0 Å². The molecule has 0 aliphatic heterocycles. The molecule has 1 heterocycles. The third-order valence-electron chi connectivity index (χ3n) is 4.53. The summed E-state index contributed by atoms with van der Waals surface area (Å²) < 4.78 is 0. The lowest BCUT2D eigenvalue weighted by molar-refractivity contribution is -0.130. The van der Waals surface area contributed by atoms with E-state index in [-0.39, 0.29) is 5.54 Å². The number of ketones is 1. The van der Waals surface area contributed by atoms with E-state index in [4.69, 9.17) is 5.73 Å². The number of Topliss-reactive ketones (excluding diaryl/α,β-unsaturated/α-hetero) is 1. The summed E-state index contributed by atoms with van der Waals surface area (Å²) in [5, 5.41) is 0. The van der Waals surface area contributed by atoms with Crippen LogP contribution in [0.5, 0.6) is 0 Å². The van der Waals surface area contributed by atoms with E-state index in [9.17, 15) is 4.79 Å². The van der Waals surface area contributed by atoms with E-state index in [2.05, 4.69) is 23.7 Å². The van der Waals surface area contributed by atoms with Crippen molar-refractivity contribution < 1.29 is 4.79 Å². The second-order valence-corrected chi connectivity index (χ2v) is 5.60. The largest absolute Gasteiger partial charge is 0.384 e. The standard InChI is InChI=1S/C16H25N3O/c1-3-19(4-2)16(8-5-6-9-16)14(20)11-13-7-10-18-15(17)12-13/h7,10,12H,3-6,8-9,11H2,1-2H3,(H2,17,18). The molecule has 1 saturated carbocycles. The second-order valence-electron chi connectivity index (χ2n) is 5.60. The molecule has 0 unspecified atom stereocenters. The molecular formula is C16H25N3O. The zero-order chi connectivity index (χ0) is 14.6. The Morgan fingerprint density at radius 3 is 2.55 bits per heavy atom. The minimum Gasteiger partial charge on any atom is -0.384 e. The van der Waals surface area contributed by atoms with Gasteiger partial charge in [-0.3, -0.25) is 9.69 Å². The van der Waals surface area contributed by atoms with Crippen molar-refractivity contribution in [3.05, 3.63) is 23.9 Å². The lowest BCUT2D eigenvalue weighted by atomic mass is 9.86. The molecule has 0 bridgehead atoms. The van der Waals surface area contributed by atoms with Gasteiger partial charge in [-0.1, -0.05) is 26.7 Å². The molecule has 20 heavy (non-hydrogen) atoms. The number of pyridine rings is 1. The van der Waals surface area contributed by atoms with Crippen LogP contribution in [0.3, 0.4) is 0 Å². The lowest BCUT2D eigenvalue weighted by Gasteiger charge is -2.39. The molecule has 2 N–H and O–H groups in total. The zero-order valence-electron chi connectivity index (χ0n) is 12.6. The van der Waals surface area contributed by atoms with Gasteiger partial charge in [0.1, 0.15) is 5.82 Å². The topological polar surface area (TPSA) is 59.2 Å². The quantitative estimate of drug-likeness (QED) is 0.866. The first-order valence-electron chi connectivity index (χ1n) is 7.61.